The average Bonchev–Trinajstić information content (AvgIpc) is 3.31. The number of fused-ring (bicyclic) bond motifs is 1. The maximum absolute atomic E-state index is 12.8. The summed E-state index contributed by atoms with van der Waals surface area (Å²) in [5.41, 5.74) is 3.34. The van der Waals surface area contributed by atoms with E-state index in [-0.39, 0.29) is 11.8 Å². The van der Waals surface area contributed by atoms with E-state index < -0.39 is 0 Å². The highest BCUT2D eigenvalue weighted by Crippen LogP contribution is 2.29. The van der Waals surface area contributed by atoms with Gasteiger partial charge in [0.2, 0.25) is 5.91 Å². The number of amides is 2. The number of hydrogen-bond acceptors (Lipinski definition) is 6. The first-order valence-corrected chi connectivity index (χ1v) is 13.4. The molecule has 0 atom stereocenters. The zero-order valence-electron chi connectivity index (χ0n) is 18.8. The number of thiazole rings is 1. The lowest BCUT2D eigenvalue weighted by atomic mass is 10.1. The number of rotatable bonds is 6. The standard InChI is InChI=1S/C26H23ClN4O2S2/c27-21-6-2-1-5-20(21)25(33)31-15-13-30(14-16-31)19-11-9-18(10-12-19)28-24(32)17-34-26-29-22-7-3-4-8-23(22)35-26/h1-12H,13-17H2,(H,28,32). The van der Waals surface area contributed by atoms with Gasteiger partial charge in [-0.25, -0.2) is 4.98 Å². The van der Waals surface area contributed by atoms with Gasteiger partial charge in [0.25, 0.3) is 5.91 Å². The highest BCUT2D eigenvalue weighted by Gasteiger charge is 2.23. The van der Waals surface area contributed by atoms with Crippen molar-refractivity contribution in [2.75, 3.05) is 42.1 Å². The summed E-state index contributed by atoms with van der Waals surface area (Å²) < 4.78 is 2.02. The van der Waals surface area contributed by atoms with Gasteiger partial charge in [-0.15, -0.1) is 11.3 Å². The first kappa shape index (κ1) is 23.7. The molecule has 1 aromatic heterocycles. The van der Waals surface area contributed by atoms with Crippen molar-refractivity contribution in [2.24, 2.45) is 0 Å². The van der Waals surface area contributed by atoms with Crippen LogP contribution in [0.15, 0.2) is 77.1 Å². The summed E-state index contributed by atoms with van der Waals surface area (Å²) in [6.45, 7) is 2.73. The molecule has 1 saturated heterocycles. The Morgan fingerprint density at radius 1 is 0.943 bits per heavy atom. The van der Waals surface area contributed by atoms with Crippen molar-refractivity contribution in [2.45, 2.75) is 4.34 Å². The fraction of sp³-hybridized carbons (Fsp3) is 0.192. The molecule has 2 amide bonds. The molecule has 3 aromatic carbocycles. The maximum Gasteiger partial charge on any atom is 0.255 e. The fourth-order valence-electron chi connectivity index (χ4n) is 3.97. The van der Waals surface area contributed by atoms with Crippen molar-refractivity contribution < 1.29 is 9.59 Å². The van der Waals surface area contributed by atoms with Gasteiger partial charge < -0.3 is 15.1 Å². The van der Waals surface area contributed by atoms with Crippen LogP contribution < -0.4 is 10.2 Å². The number of halogens is 1. The Morgan fingerprint density at radius 2 is 1.66 bits per heavy atom. The van der Waals surface area contributed by atoms with Crippen LogP contribution in [0.1, 0.15) is 10.4 Å². The Hall–Kier alpha value is -3.07. The number of carbonyl (C=O) groups excluding carboxylic acids is 2. The second kappa shape index (κ2) is 10.7. The number of para-hydroxylation sites is 1. The number of nitrogens with one attached hydrogen (secondary N) is 1. The molecule has 35 heavy (non-hydrogen) atoms. The van der Waals surface area contributed by atoms with Crippen molar-refractivity contribution in [3.63, 3.8) is 0 Å². The third kappa shape index (κ3) is 5.61. The van der Waals surface area contributed by atoms with Gasteiger partial charge in [-0.3, -0.25) is 9.59 Å². The Labute approximate surface area is 216 Å². The molecule has 4 aromatic rings. The molecule has 1 aliphatic heterocycles. The molecule has 0 aliphatic carbocycles. The van der Waals surface area contributed by atoms with Gasteiger partial charge in [0.15, 0.2) is 4.34 Å². The van der Waals surface area contributed by atoms with Gasteiger partial charge in [-0.1, -0.05) is 47.6 Å². The predicted octanol–water partition coefficient (Wildman–Crippen LogP) is 5.64. The number of carbonyl (C=O) groups is 2. The minimum atomic E-state index is -0.0614. The van der Waals surface area contributed by atoms with Crippen molar-refractivity contribution in [1.29, 1.82) is 0 Å². The summed E-state index contributed by atoms with van der Waals surface area (Å²) in [5, 5.41) is 3.44. The Kier molecular flexibility index (Phi) is 7.22. The summed E-state index contributed by atoms with van der Waals surface area (Å²) in [6.07, 6.45) is 0. The van der Waals surface area contributed by atoms with Crippen LogP contribution in [0.3, 0.4) is 0 Å². The minimum Gasteiger partial charge on any atom is -0.368 e. The topological polar surface area (TPSA) is 65.5 Å². The second-order valence-electron chi connectivity index (χ2n) is 8.09. The molecular formula is C26H23ClN4O2S2. The Morgan fingerprint density at radius 3 is 2.40 bits per heavy atom. The van der Waals surface area contributed by atoms with Gasteiger partial charge in [0, 0.05) is 37.6 Å². The first-order valence-electron chi connectivity index (χ1n) is 11.2. The van der Waals surface area contributed by atoms with E-state index in [9.17, 15) is 9.59 Å². The number of nitrogens with zero attached hydrogens (tertiary/aromatic N) is 3. The zero-order valence-corrected chi connectivity index (χ0v) is 21.2. The van der Waals surface area contributed by atoms with E-state index in [1.807, 2.05) is 65.6 Å². The molecular weight excluding hydrogens is 500 g/mol. The molecule has 0 radical (unpaired) electrons. The maximum atomic E-state index is 12.8. The third-order valence-electron chi connectivity index (χ3n) is 5.79. The van der Waals surface area contributed by atoms with E-state index in [4.69, 9.17) is 11.6 Å². The Balaban J connectivity index is 1.11. The molecule has 2 heterocycles. The average molecular weight is 523 g/mol. The van der Waals surface area contributed by atoms with Crippen molar-refractivity contribution in [1.82, 2.24) is 9.88 Å². The molecule has 5 rings (SSSR count). The van der Waals surface area contributed by atoms with Gasteiger partial charge in [-0.2, -0.15) is 0 Å². The predicted molar refractivity (Wildman–Crippen MR) is 145 cm³/mol. The molecule has 0 unspecified atom stereocenters. The summed E-state index contributed by atoms with van der Waals surface area (Å²) in [4.78, 5) is 33.8. The highest BCUT2D eigenvalue weighted by atomic mass is 35.5. The van der Waals surface area contributed by atoms with E-state index in [2.05, 4.69) is 15.2 Å². The molecule has 0 spiro atoms. The van der Waals surface area contributed by atoms with Gasteiger partial charge in [0.05, 0.1) is 26.6 Å². The summed E-state index contributed by atoms with van der Waals surface area (Å²) >= 11 is 9.24. The van der Waals surface area contributed by atoms with Gasteiger partial charge >= 0.3 is 0 Å². The lowest BCUT2D eigenvalue weighted by Gasteiger charge is -2.36. The number of benzene rings is 3. The molecule has 1 fully saturated rings. The van der Waals surface area contributed by atoms with Crippen LogP contribution in [0.5, 0.6) is 0 Å². The second-order valence-corrected chi connectivity index (χ2v) is 10.8. The zero-order chi connectivity index (χ0) is 24.2. The van der Waals surface area contributed by atoms with Crippen LogP contribution in [0.25, 0.3) is 10.2 Å². The van der Waals surface area contributed by atoms with E-state index >= 15 is 0 Å². The van der Waals surface area contributed by atoms with Crippen molar-refractivity contribution >= 4 is 68.1 Å². The number of thioether (sulfide) groups is 1. The van der Waals surface area contributed by atoms with E-state index in [0.29, 0.717) is 29.4 Å². The summed E-state index contributed by atoms with van der Waals surface area (Å²) in [5.74, 6) is 0.217. The summed E-state index contributed by atoms with van der Waals surface area (Å²) in [7, 11) is 0. The largest absolute Gasteiger partial charge is 0.368 e. The lowest BCUT2D eigenvalue weighted by molar-refractivity contribution is -0.113. The normalized spacial score (nSPS) is 13.7. The summed E-state index contributed by atoms with van der Waals surface area (Å²) in [6, 6.07) is 23.0. The van der Waals surface area contributed by atoms with E-state index in [1.165, 1.54) is 11.8 Å². The van der Waals surface area contributed by atoms with E-state index in [1.54, 1.807) is 23.5 Å². The van der Waals surface area contributed by atoms with Crippen LogP contribution in [0, 0.1) is 0 Å². The molecule has 0 saturated carbocycles. The third-order valence-corrected chi connectivity index (χ3v) is 8.30. The SMILES string of the molecule is O=C(CSc1nc2ccccc2s1)Nc1ccc(N2CCN(C(=O)c3ccccc3Cl)CC2)cc1. The lowest BCUT2D eigenvalue weighted by Crippen LogP contribution is -2.48. The quantitative estimate of drug-likeness (QED) is 0.332. The van der Waals surface area contributed by atoms with Crippen LogP contribution in [-0.4, -0.2) is 53.6 Å². The monoisotopic (exact) mass is 522 g/mol. The smallest absolute Gasteiger partial charge is 0.255 e. The first-order chi connectivity index (χ1) is 17.1. The van der Waals surface area contributed by atoms with Gasteiger partial charge in [-0.05, 0) is 48.5 Å². The number of aromatic nitrogens is 1. The number of hydrogen-bond donors (Lipinski definition) is 1. The number of anilines is 2. The molecule has 1 aliphatic rings. The highest BCUT2D eigenvalue weighted by molar-refractivity contribution is 8.01. The Bertz CT molecular complexity index is 1320. The van der Waals surface area contributed by atoms with Crippen molar-refractivity contribution in [3.8, 4) is 0 Å². The minimum absolute atomic E-state index is 0.0305. The molecule has 1 N–H and O–H groups in total. The molecule has 0 bridgehead atoms. The van der Waals surface area contributed by atoms with Crippen LogP contribution in [0.4, 0.5) is 11.4 Å². The van der Waals surface area contributed by atoms with Crippen molar-refractivity contribution in [3.05, 3.63) is 83.4 Å². The van der Waals surface area contributed by atoms with Crippen LogP contribution in [-0.2, 0) is 4.79 Å². The van der Waals surface area contributed by atoms with Gasteiger partial charge in [0.1, 0.15) is 0 Å². The molecule has 178 valence electrons. The van der Waals surface area contributed by atoms with Crippen LogP contribution in [0.2, 0.25) is 5.02 Å². The molecule has 6 nitrogen and oxygen atoms in total. The van der Waals surface area contributed by atoms with E-state index in [0.717, 1.165) is 39.0 Å². The number of piperazine rings is 1. The fourth-order valence-corrected chi connectivity index (χ4v) is 6.05. The molecule has 9 heteroatoms. The van der Waals surface area contributed by atoms with Crippen LogP contribution >= 0.6 is 34.7 Å².